The van der Waals surface area contributed by atoms with Gasteiger partial charge in [0.2, 0.25) is 5.88 Å². The maximum absolute atomic E-state index is 5.67. The Labute approximate surface area is 103 Å². The Morgan fingerprint density at radius 2 is 2.24 bits per heavy atom. The molecule has 0 aromatic carbocycles. The van der Waals surface area contributed by atoms with E-state index in [-0.39, 0.29) is 0 Å². The fraction of sp³-hybridized carbons (Fsp3) is 0.615. The van der Waals surface area contributed by atoms with Crippen molar-refractivity contribution in [2.24, 2.45) is 0 Å². The van der Waals surface area contributed by atoms with Crippen molar-refractivity contribution in [1.29, 1.82) is 0 Å². The van der Waals surface area contributed by atoms with Crippen LogP contribution in [-0.4, -0.2) is 43.2 Å². The van der Waals surface area contributed by atoms with Crippen molar-refractivity contribution in [2.45, 2.75) is 19.4 Å². The van der Waals surface area contributed by atoms with Gasteiger partial charge < -0.3 is 10.1 Å². The lowest BCUT2D eigenvalue weighted by molar-refractivity contribution is 0.232. The summed E-state index contributed by atoms with van der Waals surface area (Å²) in [5.41, 5.74) is 1.21. The van der Waals surface area contributed by atoms with E-state index in [9.17, 15) is 0 Å². The second kappa shape index (κ2) is 6.57. The number of rotatable bonds is 6. The average molecular weight is 235 g/mol. The van der Waals surface area contributed by atoms with E-state index in [1.165, 1.54) is 31.5 Å². The molecule has 4 nitrogen and oxygen atoms in total. The number of pyridine rings is 1. The summed E-state index contributed by atoms with van der Waals surface area (Å²) in [4.78, 5) is 6.66. The Hall–Kier alpha value is -1.13. The first-order valence-electron chi connectivity index (χ1n) is 6.33. The Morgan fingerprint density at radius 3 is 3.00 bits per heavy atom. The number of likely N-dealkylation sites (tertiary alicyclic amines) is 1. The van der Waals surface area contributed by atoms with Gasteiger partial charge in [-0.1, -0.05) is 0 Å². The van der Waals surface area contributed by atoms with Crippen LogP contribution in [0.4, 0.5) is 0 Å². The number of hydrogen-bond acceptors (Lipinski definition) is 4. The van der Waals surface area contributed by atoms with Gasteiger partial charge in [-0.2, -0.15) is 0 Å². The van der Waals surface area contributed by atoms with E-state index in [2.05, 4.69) is 15.2 Å². The third-order valence-electron chi connectivity index (χ3n) is 3.04. The maximum Gasteiger partial charge on any atom is 0.213 e. The zero-order valence-electron chi connectivity index (χ0n) is 10.5. The summed E-state index contributed by atoms with van der Waals surface area (Å²) in [5.74, 6) is 0.733. The highest BCUT2D eigenvalue weighted by molar-refractivity contribution is 5.20. The van der Waals surface area contributed by atoms with Gasteiger partial charge in [0.1, 0.15) is 6.61 Å². The van der Waals surface area contributed by atoms with Crippen LogP contribution in [0, 0.1) is 0 Å². The minimum absolute atomic E-state index is 0.732. The summed E-state index contributed by atoms with van der Waals surface area (Å²) in [6.07, 6.45) is 4.46. The lowest BCUT2D eigenvalue weighted by Crippen LogP contribution is -2.25. The molecule has 0 amide bonds. The summed E-state index contributed by atoms with van der Waals surface area (Å²) in [6.45, 7) is 5.03. The molecule has 1 N–H and O–H groups in total. The van der Waals surface area contributed by atoms with Gasteiger partial charge >= 0.3 is 0 Å². The van der Waals surface area contributed by atoms with Crippen LogP contribution in [0.2, 0.25) is 0 Å². The standard InChI is InChI=1S/C13H21N3O/c1-14-11-12-4-5-15-13(10-12)17-9-8-16-6-2-3-7-16/h4-5,10,14H,2-3,6-9,11H2,1H3. The highest BCUT2D eigenvalue weighted by Gasteiger charge is 2.10. The van der Waals surface area contributed by atoms with Crippen molar-refractivity contribution >= 4 is 0 Å². The summed E-state index contributed by atoms with van der Waals surface area (Å²) >= 11 is 0. The largest absolute Gasteiger partial charge is 0.476 e. The van der Waals surface area contributed by atoms with Crippen LogP contribution in [-0.2, 0) is 6.54 Å². The van der Waals surface area contributed by atoms with Gasteiger partial charge in [-0.15, -0.1) is 0 Å². The molecule has 0 bridgehead atoms. The number of hydrogen-bond donors (Lipinski definition) is 1. The fourth-order valence-corrected chi connectivity index (χ4v) is 2.13. The second-order valence-corrected chi connectivity index (χ2v) is 4.43. The molecule has 0 atom stereocenters. The molecule has 1 aromatic heterocycles. The normalized spacial score (nSPS) is 16.3. The van der Waals surface area contributed by atoms with Crippen molar-refractivity contribution in [1.82, 2.24) is 15.2 Å². The lowest BCUT2D eigenvalue weighted by atomic mass is 10.3. The van der Waals surface area contributed by atoms with Gasteiger partial charge in [-0.3, -0.25) is 4.90 Å². The fourth-order valence-electron chi connectivity index (χ4n) is 2.13. The van der Waals surface area contributed by atoms with Crippen molar-refractivity contribution in [2.75, 3.05) is 33.3 Å². The van der Waals surface area contributed by atoms with Crippen LogP contribution in [0.1, 0.15) is 18.4 Å². The van der Waals surface area contributed by atoms with Gasteiger partial charge in [-0.25, -0.2) is 4.98 Å². The van der Waals surface area contributed by atoms with E-state index in [1.54, 1.807) is 6.20 Å². The van der Waals surface area contributed by atoms with Crippen LogP contribution < -0.4 is 10.1 Å². The van der Waals surface area contributed by atoms with Crippen LogP contribution in [0.25, 0.3) is 0 Å². The van der Waals surface area contributed by atoms with E-state index in [4.69, 9.17) is 4.74 Å². The van der Waals surface area contributed by atoms with Gasteiger partial charge in [0.25, 0.3) is 0 Å². The molecule has 1 aromatic rings. The molecule has 2 rings (SSSR count). The number of ether oxygens (including phenoxy) is 1. The molecule has 0 radical (unpaired) electrons. The van der Waals surface area contributed by atoms with Crippen molar-refractivity contribution in [3.05, 3.63) is 23.9 Å². The van der Waals surface area contributed by atoms with E-state index < -0.39 is 0 Å². The molecule has 1 fully saturated rings. The quantitative estimate of drug-likeness (QED) is 0.806. The van der Waals surface area contributed by atoms with E-state index in [1.807, 2.05) is 19.2 Å². The van der Waals surface area contributed by atoms with E-state index in [0.29, 0.717) is 0 Å². The van der Waals surface area contributed by atoms with Gasteiger partial charge in [-0.05, 0) is 44.6 Å². The molecular weight excluding hydrogens is 214 g/mol. The van der Waals surface area contributed by atoms with Gasteiger partial charge in [0, 0.05) is 25.4 Å². The highest BCUT2D eigenvalue weighted by Crippen LogP contribution is 2.10. The van der Waals surface area contributed by atoms with Crippen molar-refractivity contribution in [3.8, 4) is 5.88 Å². The van der Waals surface area contributed by atoms with Crippen LogP contribution in [0.5, 0.6) is 5.88 Å². The topological polar surface area (TPSA) is 37.4 Å². The van der Waals surface area contributed by atoms with Crippen LogP contribution >= 0.6 is 0 Å². The smallest absolute Gasteiger partial charge is 0.213 e. The number of nitrogens with one attached hydrogen (secondary N) is 1. The Morgan fingerprint density at radius 1 is 1.41 bits per heavy atom. The summed E-state index contributed by atoms with van der Waals surface area (Å²) in [6, 6.07) is 4.00. The lowest BCUT2D eigenvalue weighted by Gasteiger charge is -2.14. The van der Waals surface area contributed by atoms with E-state index in [0.717, 1.165) is 25.6 Å². The molecule has 1 aliphatic rings. The molecular formula is C13H21N3O. The van der Waals surface area contributed by atoms with Crippen molar-refractivity contribution in [3.63, 3.8) is 0 Å². The summed E-state index contributed by atoms with van der Waals surface area (Å²) < 4.78 is 5.67. The molecule has 4 heteroatoms. The third-order valence-corrected chi connectivity index (χ3v) is 3.04. The molecule has 0 saturated carbocycles. The molecule has 0 aliphatic carbocycles. The summed E-state index contributed by atoms with van der Waals surface area (Å²) in [5, 5.41) is 3.12. The average Bonchev–Trinajstić information content (AvgIpc) is 2.83. The minimum atomic E-state index is 0.732. The molecule has 1 aliphatic heterocycles. The SMILES string of the molecule is CNCc1ccnc(OCCN2CCCC2)c1. The van der Waals surface area contributed by atoms with Crippen LogP contribution in [0.15, 0.2) is 18.3 Å². The predicted octanol–water partition coefficient (Wildman–Crippen LogP) is 1.28. The Kier molecular flexibility index (Phi) is 4.76. The van der Waals surface area contributed by atoms with Gasteiger partial charge in [0.15, 0.2) is 0 Å². The molecule has 1 saturated heterocycles. The zero-order valence-corrected chi connectivity index (χ0v) is 10.5. The van der Waals surface area contributed by atoms with Gasteiger partial charge in [0.05, 0.1) is 0 Å². The zero-order chi connectivity index (χ0) is 11.9. The molecule has 2 heterocycles. The monoisotopic (exact) mass is 235 g/mol. The predicted molar refractivity (Wildman–Crippen MR) is 68.2 cm³/mol. The number of aromatic nitrogens is 1. The van der Waals surface area contributed by atoms with E-state index >= 15 is 0 Å². The molecule has 94 valence electrons. The summed E-state index contributed by atoms with van der Waals surface area (Å²) in [7, 11) is 1.94. The Balaban J connectivity index is 1.75. The maximum atomic E-state index is 5.67. The molecule has 17 heavy (non-hydrogen) atoms. The van der Waals surface area contributed by atoms with Crippen LogP contribution in [0.3, 0.4) is 0 Å². The highest BCUT2D eigenvalue weighted by atomic mass is 16.5. The second-order valence-electron chi connectivity index (χ2n) is 4.43. The number of nitrogens with zero attached hydrogens (tertiary/aromatic N) is 2. The minimum Gasteiger partial charge on any atom is -0.476 e. The first-order chi connectivity index (χ1) is 8.38. The first kappa shape index (κ1) is 12.3. The molecule has 0 unspecified atom stereocenters. The Bertz CT molecular complexity index is 337. The van der Waals surface area contributed by atoms with Crippen molar-refractivity contribution < 1.29 is 4.74 Å². The molecule has 0 spiro atoms. The third kappa shape index (κ3) is 3.98. The first-order valence-corrected chi connectivity index (χ1v) is 6.33.